The average molecular weight is 409 g/mol. The number of hydrogen-bond donors (Lipinski definition) is 0. The number of amides is 1. The van der Waals surface area contributed by atoms with E-state index in [9.17, 15) is 18.0 Å². The van der Waals surface area contributed by atoms with Crippen LogP contribution in [-0.4, -0.2) is 61.8 Å². The summed E-state index contributed by atoms with van der Waals surface area (Å²) in [5.41, 5.74) is 0.960. The molecule has 0 saturated carbocycles. The van der Waals surface area contributed by atoms with Crippen LogP contribution in [0.25, 0.3) is 0 Å². The lowest BCUT2D eigenvalue weighted by Crippen LogP contribution is -2.44. The molecule has 1 aromatic rings. The quantitative estimate of drug-likeness (QED) is 0.696. The van der Waals surface area contributed by atoms with Gasteiger partial charge in [0.1, 0.15) is 6.04 Å². The highest BCUT2D eigenvalue weighted by Gasteiger charge is 2.40. The first-order valence-electron chi connectivity index (χ1n) is 9.82. The summed E-state index contributed by atoms with van der Waals surface area (Å²) in [6.45, 7) is 5.27. The minimum Gasteiger partial charge on any atom is -0.454 e. The predicted octanol–water partition coefficient (Wildman–Crippen LogP) is 1.95. The summed E-state index contributed by atoms with van der Waals surface area (Å²) in [7, 11) is -3.78. The predicted molar refractivity (Wildman–Crippen MR) is 104 cm³/mol. The summed E-state index contributed by atoms with van der Waals surface area (Å²) >= 11 is 0. The van der Waals surface area contributed by atoms with Crippen LogP contribution >= 0.6 is 0 Å². The van der Waals surface area contributed by atoms with Crippen LogP contribution in [0.5, 0.6) is 0 Å². The van der Waals surface area contributed by atoms with Gasteiger partial charge in [-0.25, -0.2) is 8.42 Å². The number of piperidine rings is 1. The van der Waals surface area contributed by atoms with Crippen molar-refractivity contribution in [3.8, 4) is 0 Å². The Balaban J connectivity index is 1.62. The van der Waals surface area contributed by atoms with Crippen molar-refractivity contribution in [3.05, 3.63) is 29.8 Å². The van der Waals surface area contributed by atoms with Crippen molar-refractivity contribution in [2.75, 3.05) is 26.2 Å². The Kier molecular flexibility index (Phi) is 6.40. The van der Waals surface area contributed by atoms with Crippen molar-refractivity contribution in [1.82, 2.24) is 9.21 Å². The van der Waals surface area contributed by atoms with Gasteiger partial charge in [-0.1, -0.05) is 24.6 Å². The lowest BCUT2D eigenvalue weighted by Gasteiger charge is -2.31. The molecule has 3 rings (SSSR count). The molecule has 1 amide bonds. The molecule has 1 aromatic carbocycles. The number of nitrogens with zero attached hydrogens (tertiary/aromatic N) is 2. The second-order valence-corrected chi connectivity index (χ2v) is 9.67. The van der Waals surface area contributed by atoms with Gasteiger partial charge in [0.25, 0.3) is 5.91 Å². The molecule has 8 heteroatoms. The average Bonchev–Trinajstić information content (AvgIpc) is 3.17. The number of sulfonamides is 1. The Morgan fingerprint density at radius 1 is 1.11 bits per heavy atom. The van der Waals surface area contributed by atoms with Gasteiger partial charge >= 0.3 is 5.97 Å². The molecule has 0 spiro atoms. The van der Waals surface area contributed by atoms with Gasteiger partial charge in [-0.2, -0.15) is 4.31 Å². The summed E-state index contributed by atoms with van der Waals surface area (Å²) in [4.78, 5) is 26.7. The van der Waals surface area contributed by atoms with Gasteiger partial charge in [0.05, 0.1) is 4.90 Å². The van der Waals surface area contributed by atoms with Gasteiger partial charge in [0.2, 0.25) is 10.0 Å². The van der Waals surface area contributed by atoms with Crippen LogP contribution in [-0.2, 0) is 24.3 Å². The minimum atomic E-state index is -3.78. The molecule has 28 heavy (non-hydrogen) atoms. The van der Waals surface area contributed by atoms with E-state index in [1.165, 1.54) is 4.31 Å². The molecule has 0 bridgehead atoms. The first-order chi connectivity index (χ1) is 13.3. The molecular weight excluding hydrogens is 380 g/mol. The summed E-state index contributed by atoms with van der Waals surface area (Å²) in [5.74, 6) is -0.421. The SMILES string of the molecule is Cc1ccc(S(=O)(=O)N2CCC[C@H]2C(=O)OCC(=O)N2CCCC(C)C2)cc1. The topological polar surface area (TPSA) is 84.0 Å². The van der Waals surface area contributed by atoms with E-state index in [4.69, 9.17) is 4.74 Å². The Morgan fingerprint density at radius 2 is 1.79 bits per heavy atom. The number of esters is 1. The molecule has 0 aliphatic carbocycles. The highest BCUT2D eigenvalue weighted by Crippen LogP contribution is 2.27. The third-order valence-corrected chi connectivity index (χ3v) is 7.37. The van der Waals surface area contributed by atoms with Crippen LogP contribution in [0.4, 0.5) is 0 Å². The lowest BCUT2D eigenvalue weighted by atomic mass is 10.0. The number of carbonyl (C=O) groups is 2. The van der Waals surface area contributed by atoms with Gasteiger partial charge in [0, 0.05) is 19.6 Å². The van der Waals surface area contributed by atoms with Gasteiger partial charge < -0.3 is 9.64 Å². The van der Waals surface area contributed by atoms with Crippen LogP contribution in [0, 0.1) is 12.8 Å². The van der Waals surface area contributed by atoms with Gasteiger partial charge in [-0.15, -0.1) is 0 Å². The first-order valence-corrected chi connectivity index (χ1v) is 11.3. The summed E-state index contributed by atoms with van der Waals surface area (Å²) < 4.78 is 32.3. The van der Waals surface area contributed by atoms with Crippen molar-refractivity contribution in [2.24, 2.45) is 5.92 Å². The molecule has 0 radical (unpaired) electrons. The smallest absolute Gasteiger partial charge is 0.324 e. The molecular formula is C20H28N2O5S. The Bertz CT molecular complexity index is 822. The van der Waals surface area contributed by atoms with E-state index < -0.39 is 22.0 Å². The number of carbonyl (C=O) groups excluding carboxylic acids is 2. The third kappa shape index (κ3) is 4.55. The normalized spacial score (nSPS) is 23.6. The summed E-state index contributed by atoms with van der Waals surface area (Å²) in [6.07, 6.45) is 3.03. The van der Waals surface area contributed by atoms with E-state index >= 15 is 0 Å². The highest BCUT2D eigenvalue weighted by atomic mass is 32.2. The molecule has 154 valence electrons. The van der Waals surface area contributed by atoms with Crippen molar-refractivity contribution in [3.63, 3.8) is 0 Å². The van der Waals surface area contributed by atoms with E-state index in [1.54, 1.807) is 29.2 Å². The Hall–Kier alpha value is -1.93. The van der Waals surface area contributed by atoms with E-state index in [2.05, 4.69) is 6.92 Å². The first kappa shape index (κ1) is 20.8. The van der Waals surface area contributed by atoms with Crippen LogP contribution < -0.4 is 0 Å². The van der Waals surface area contributed by atoms with E-state index in [0.717, 1.165) is 18.4 Å². The third-order valence-electron chi connectivity index (χ3n) is 5.45. The van der Waals surface area contributed by atoms with Crippen LogP contribution in [0.3, 0.4) is 0 Å². The number of rotatable bonds is 5. The Labute approximate surface area is 166 Å². The molecule has 2 atom stereocenters. The zero-order chi connectivity index (χ0) is 20.3. The molecule has 0 aromatic heterocycles. The fraction of sp³-hybridized carbons (Fsp3) is 0.600. The Morgan fingerprint density at radius 3 is 2.46 bits per heavy atom. The zero-order valence-electron chi connectivity index (χ0n) is 16.5. The minimum absolute atomic E-state index is 0.163. The number of benzene rings is 1. The maximum atomic E-state index is 12.9. The molecule has 2 heterocycles. The van der Waals surface area contributed by atoms with Crippen LogP contribution in [0.2, 0.25) is 0 Å². The molecule has 2 saturated heterocycles. The fourth-order valence-electron chi connectivity index (χ4n) is 3.85. The van der Waals surface area contributed by atoms with Gasteiger partial charge in [-0.05, 0) is 50.7 Å². The standard InChI is InChI=1S/C20H28N2O5S/c1-15-7-9-17(10-8-15)28(25,26)22-12-4-6-18(22)20(24)27-14-19(23)21-11-3-5-16(2)13-21/h7-10,16,18H,3-6,11-14H2,1-2H3/t16?,18-/m0/s1. The molecule has 2 aliphatic rings. The largest absolute Gasteiger partial charge is 0.454 e. The maximum Gasteiger partial charge on any atom is 0.324 e. The van der Waals surface area contributed by atoms with E-state index in [0.29, 0.717) is 31.8 Å². The van der Waals surface area contributed by atoms with Crippen molar-refractivity contribution in [1.29, 1.82) is 0 Å². The maximum absolute atomic E-state index is 12.9. The highest BCUT2D eigenvalue weighted by molar-refractivity contribution is 7.89. The molecule has 2 fully saturated rings. The van der Waals surface area contributed by atoms with Crippen molar-refractivity contribution >= 4 is 21.9 Å². The van der Waals surface area contributed by atoms with Crippen LogP contribution in [0.1, 0.15) is 38.2 Å². The summed E-state index contributed by atoms with van der Waals surface area (Å²) in [6, 6.07) is 5.68. The molecule has 7 nitrogen and oxygen atoms in total. The second-order valence-electron chi connectivity index (χ2n) is 7.78. The van der Waals surface area contributed by atoms with Crippen molar-refractivity contribution < 1.29 is 22.7 Å². The lowest BCUT2D eigenvalue weighted by molar-refractivity contribution is -0.155. The van der Waals surface area contributed by atoms with Gasteiger partial charge in [-0.3, -0.25) is 9.59 Å². The fourth-order valence-corrected chi connectivity index (χ4v) is 5.49. The molecule has 1 unspecified atom stereocenters. The number of ether oxygens (including phenoxy) is 1. The number of likely N-dealkylation sites (tertiary alicyclic amines) is 1. The molecule has 2 aliphatic heterocycles. The van der Waals surface area contributed by atoms with E-state index in [-0.39, 0.29) is 24.0 Å². The van der Waals surface area contributed by atoms with E-state index in [1.807, 2.05) is 6.92 Å². The number of hydrogen-bond acceptors (Lipinski definition) is 5. The zero-order valence-corrected chi connectivity index (χ0v) is 17.3. The monoisotopic (exact) mass is 408 g/mol. The van der Waals surface area contributed by atoms with Crippen molar-refractivity contribution in [2.45, 2.75) is 50.5 Å². The van der Waals surface area contributed by atoms with Crippen LogP contribution in [0.15, 0.2) is 29.2 Å². The molecule has 0 N–H and O–H groups in total. The number of aryl methyl sites for hydroxylation is 1. The second kappa shape index (κ2) is 8.61. The summed E-state index contributed by atoms with van der Waals surface area (Å²) in [5, 5.41) is 0. The van der Waals surface area contributed by atoms with Gasteiger partial charge in [0.15, 0.2) is 6.61 Å².